The Morgan fingerprint density at radius 2 is 1.90 bits per heavy atom. The predicted molar refractivity (Wildman–Crippen MR) is 109 cm³/mol. The SMILES string of the molecule is COc1ccc(Nc2nc(Nc3ccncc3F)ncc2Cl)c(NS(C)(=O)=O)c1. The van der Waals surface area contributed by atoms with Crippen molar-refractivity contribution in [2.75, 3.05) is 28.7 Å². The zero-order valence-electron chi connectivity index (χ0n) is 15.3. The summed E-state index contributed by atoms with van der Waals surface area (Å²) in [5, 5.41) is 5.85. The van der Waals surface area contributed by atoms with E-state index in [9.17, 15) is 12.8 Å². The summed E-state index contributed by atoms with van der Waals surface area (Å²) < 4.78 is 44.7. The van der Waals surface area contributed by atoms with Gasteiger partial charge in [-0.05, 0) is 18.2 Å². The van der Waals surface area contributed by atoms with Crippen LogP contribution in [0.2, 0.25) is 5.02 Å². The topological polar surface area (TPSA) is 118 Å². The minimum atomic E-state index is -3.55. The van der Waals surface area contributed by atoms with E-state index in [-0.39, 0.29) is 28.2 Å². The minimum absolute atomic E-state index is 0.0770. The summed E-state index contributed by atoms with van der Waals surface area (Å²) in [5.41, 5.74) is 0.742. The standard InChI is InChI=1S/C17H16ClFN6O3S/c1-28-10-3-4-14(15(7-10)25-29(2,26)27)22-16-11(18)8-21-17(24-16)23-13-5-6-20-9-12(13)19/h3-9,25H,1-2H3,(H2,20,21,22,23,24). The molecule has 2 heterocycles. The van der Waals surface area contributed by atoms with Gasteiger partial charge in [0, 0.05) is 12.3 Å². The maximum absolute atomic E-state index is 13.8. The molecule has 1 aromatic carbocycles. The van der Waals surface area contributed by atoms with Crippen molar-refractivity contribution in [3.63, 3.8) is 0 Å². The van der Waals surface area contributed by atoms with E-state index in [1.165, 1.54) is 31.6 Å². The lowest BCUT2D eigenvalue weighted by molar-refractivity contribution is 0.415. The lowest BCUT2D eigenvalue weighted by Gasteiger charge is -2.15. The molecular weight excluding hydrogens is 423 g/mol. The summed E-state index contributed by atoms with van der Waals surface area (Å²) in [5.74, 6) is 0.134. The van der Waals surface area contributed by atoms with Crippen LogP contribution >= 0.6 is 11.6 Å². The van der Waals surface area contributed by atoms with Crippen LogP contribution in [-0.2, 0) is 10.0 Å². The van der Waals surface area contributed by atoms with Crippen LogP contribution in [0.4, 0.5) is 33.2 Å². The Morgan fingerprint density at radius 3 is 2.59 bits per heavy atom. The van der Waals surface area contributed by atoms with Crippen molar-refractivity contribution >= 4 is 50.5 Å². The van der Waals surface area contributed by atoms with Gasteiger partial charge in [0.25, 0.3) is 0 Å². The van der Waals surface area contributed by atoms with Crippen molar-refractivity contribution in [2.24, 2.45) is 0 Å². The first-order valence-corrected chi connectivity index (χ1v) is 10.3. The van der Waals surface area contributed by atoms with E-state index in [1.54, 1.807) is 12.1 Å². The minimum Gasteiger partial charge on any atom is -0.497 e. The lowest BCUT2D eigenvalue weighted by Crippen LogP contribution is -2.11. The number of ether oxygens (including phenoxy) is 1. The molecule has 0 saturated heterocycles. The van der Waals surface area contributed by atoms with Crippen molar-refractivity contribution in [2.45, 2.75) is 0 Å². The van der Waals surface area contributed by atoms with E-state index in [4.69, 9.17) is 16.3 Å². The number of benzene rings is 1. The Morgan fingerprint density at radius 1 is 1.10 bits per heavy atom. The zero-order chi connectivity index (χ0) is 21.0. The van der Waals surface area contributed by atoms with Crippen LogP contribution in [0.5, 0.6) is 5.75 Å². The predicted octanol–water partition coefficient (Wildman–Crippen LogP) is 3.53. The number of hydrogen-bond acceptors (Lipinski definition) is 8. The van der Waals surface area contributed by atoms with E-state index < -0.39 is 15.8 Å². The van der Waals surface area contributed by atoms with Crippen molar-refractivity contribution < 1.29 is 17.5 Å². The van der Waals surface area contributed by atoms with Gasteiger partial charge in [-0.15, -0.1) is 0 Å². The van der Waals surface area contributed by atoms with Gasteiger partial charge in [0.2, 0.25) is 16.0 Å². The van der Waals surface area contributed by atoms with Crippen molar-refractivity contribution in [1.29, 1.82) is 0 Å². The lowest BCUT2D eigenvalue weighted by atomic mass is 10.2. The molecule has 0 amide bonds. The molecule has 0 fully saturated rings. The molecule has 0 atom stereocenters. The number of methoxy groups -OCH3 is 1. The third-order valence-corrected chi connectivity index (χ3v) is 4.41. The number of halogens is 2. The van der Waals surface area contributed by atoms with Crippen LogP contribution in [-0.4, -0.2) is 36.7 Å². The molecule has 0 spiro atoms. The molecule has 0 saturated carbocycles. The fourth-order valence-electron chi connectivity index (χ4n) is 2.28. The number of rotatable bonds is 7. The van der Waals surface area contributed by atoms with Crippen LogP contribution in [0.25, 0.3) is 0 Å². The van der Waals surface area contributed by atoms with Crippen LogP contribution in [0.15, 0.2) is 42.9 Å². The first-order valence-electron chi connectivity index (χ1n) is 8.07. The molecule has 0 aliphatic rings. The second kappa shape index (κ2) is 8.45. The largest absolute Gasteiger partial charge is 0.497 e. The molecule has 0 aliphatic heterocycles. The van der Waals surface area contributed by atoms with Crippen molar-refractivity contribution in [3.8, 4) is 5.75 Å². The monoisotopic (exact) mass is 438 g/mol. The number of pyridine rings is 1. The van der Waals surface area contributed by atoms with Crippen molar-refractivity contribution in [3.05, 3.63) is 53.7 Å². The normalized spacial score (nSPS) is 11.0. The number of nitrogens with one attached hydrogen (secondary N) is 3. The Labute approximate surface area is 171 Å². The molecule has 152 valence electrons. The molecule has 0 unspecified atom stereocenters. The molecule has 0 radical (unpaired) electrons. The number of hydrogen-bond donors (Lipinski definition) is 3. The maximum atomic E-state index is 13.8. The van der Waals surface area contributed by atoms with Gasteiger partial charge in [-0.2, -0.15) is 4.98 Å². The summed E-state index contributed by atoms with van der Waals surface area (Å²) >= 11 is 6.16. The van der Waals surface area contributed by atoms with Gasteiger partial charge in [0.15, 0.2) is 11.6 Å². The Kier molecular flexibility index (Phi) is 5.99. The Balaban J connectivity index is 1.93. The first kappa shape index (κ1) is 20.6. The molecule has 3 aromatic rings. The molecule has 29 heavy (non-hydrogen) atoms. The van der Waals surface area contributed by atoms with E-state index >= 15 is 0 Å². The van der Waals surface area contributed by atoms with Gasteiger partial charge in [-0.1, -0.05) is 11.6 Å². The van der Waals surface area contributed by atoms with Crippen molar-refractivity contribution in [1.82, 2.24) is 15.0 Å². The van der Waals surface area contributed by atoms with Crippen LogP contribution in [0.1, 0.15) is 0 Å². The summed E-state index contributed by atoms with van der Waals surface area (Å²) in [6.45, 7) is 0. The molecule has 3 N–H and O–H groups in total. The fraction of sp³-hybridized carbons (Fsp3) is 0.118. The maximum Gasteiger partial charge on any atom is 0.229 e. The quantitative estimate of drug-likeness (QED) is 0.512. The smallest absolute Gasteiger partial charge is 0.229 e. The third kappa shape index (κ3) is 5.42. The van der Waals surface area contributed by atoms with Gasteiger partial charge < -0.3 is 15.4 Å². The molecular formula is C17H16ClFN6O3S. The molecule has 9 nitrogen and oxygen atoms in total. The van der Waals surface area contributed by atoms with Gasteiger partial charge in [-0.3, -0.25) is 9.71 Å². The molecule has 0 bridgehead atoms. The molecule has 12 heteroatoms. The number of sulfonamides is 1. The highest BCUT2D eigenvalue weighted by molar-refractivity contribution is 7.92. The van der Waals surface area contributed by atoms with Gasteiger partial charge in [0.1, 0.15) is 10.8 Å². The van der Waals surface area contributed by atoms with Crippen LogP contribution in [0, 0.1) is 5.82 Å². The average molecular weight is 439 g/mol. The highest BCUT2D eigenvalue weighted by Crippen LogP contribution is 2.32. The number of aromatic nitrogens is 3. The number of anilines is 5. The number of nitrogens with zero attached hydrogens (tertiary/aromatic N) is 3. The van der Waals surface area contributed by atoms with E-state index in [0.717, 1.165) is 12.5 Å². The third-order valence-electron chi connectivity index (χ3n) is 3.54. The summed E-state index contributed by atoms with van der Waals surface area (Å²) in [6, 6.07) is 6.17. The Bertz CT molecular complexity index is 1150. The van der Waals surface area contributed by atoms with E-state index in [0.29, 0.717) is 11.4 Å². The zero-order valence-corrected chi connectivity index (χ0v) is 16.8. The second-order valence-corrected chi connectivity index (χ2v) is 7.94. The molecule has 0 aliphatic carbocycles. The first-order chi connectivity index (χ1) is 13.7. The average Bonchev–Trinajstić information content (AvgIpc) is 2.66. The van der Waals surface area contributed by atoms with E-state index in [1.807, 2.05) is 0 Å². The van der Waals surface area contributed by atoms with Crippen LogP contribution < -0.4 is 20.1 Å². The van der Waals surface area contributed by atoms with E-state index in [2.05, 4.69) is 30.3 Å². The second-order valence-electron chi connectivity index (χ2n) is 5.78. The van der Waals surface area contributed by atoms with Gasteiger partial charge in [-0.25, -0.2) is 17.8 Å². The summed E-state index contributed by atoms with van der Waals surface area (Å²) in [4.78, 5) is 11.9. The summed E-state index contributed by atoms with van der Waals surface area (Å²) in [7, 11) is -2.09. The van der Waals surface area contributed by atoms with Crippen LogP contribution in [0.3, 0.4) is 0 Å². The highest BCUT2D eigenvalue weighted by atomic mass is 35.5. The van der Waals surface area contributed by atoms with Gasteiger partial charge in [0.05, 0.1) is 42.8 Å². The molecule has 2 aromatic heterocycles. The Hall–Kier alpha value is -3.18. The van der Waals surface area contributed by atoms with Gasteiger partial charge >= 0.3 is 0 Å². The fourth-order valence-corrected chi connectivity index (χ4v) is 2.99. The highest BCUT2D eigenvalue weighted by Gasteiger charge is 2.13. The molecule has 3 rings (SSSR count). The summed E-state index contributed by atoms with van der Waals surface area (Å²) in [6.07, 6.45) is 4.82.